The van der Waals surface area contributed by atoms with Crippen LogP contribution in [0.1, 0.15) is 78.2 Å². The molecule has 1 saturated heterocycles. The second-order valence-corrected chi connectivity index (χ2v) is 10.6. The van der Waals surface area contributed by atoms with E-state index < -0.39 is 0 Å². The van der Waals surface area contributed by atoms with E-state index in [0.717, 1.165) is 47.5 Å². The van der Waals surface area contributed by atoms with E-state index in [1.807, 2.05) is 59.7 Å². The number of carbonyl (C=O) groups excluding carboxylic acids is 2. The summed E-state index contributed by atoms with van der Waals surface area (Å²) in [5.74, 6) is 2.50. The molecular weight excluding hydrogens is 490 g/mol. The fourth-order valence-electron chi connectivity index (χ4n) is 5.65. The summed E-state index contributed by atoms with van der Waals surface area (Å²) in [5, 5.41) is 2.95. The van der Waals surface area contributed by atoms with Crippen LogP contribution >= 0.6 is 0 Å². The van der Waals surface area contributed by atoms with Gasteiger partial charge in [-0.15, -0.1) is 0 Å². The number of hydrogen-bond donors (Lipinski definition) is 2. The standard InChI is InChI=1S/C30H33N7O2/c1-3-25(38)36-13-4-5-22(17-36)29-35-26(27-28(31)33-12-14-37(27)29)21-8-9-23(18(2)15-21)30(39)34-24-16-20(10-11-32-24)19-6-7-19/h8-12,14-16,19,22H,3-7,13,17H2,1-2H3,(H2,31,33)(H,32,34,39). The second-order valence-electron chi connectivity index (χ2n) is 10.6. The highest BCUT2D eigenvalue weighted by molar-refractivity contribution is 6.05. The molecule has 2 fully saturated rings. The first-order valence-electron chi connectivity index (χ1n) is 13.7. The van der Waals surface area contributed by atoms with Crippen LogP contribution in [-0.2, 0) is 4.79 Å². The number of imidazole rings is 1. The van der Waals surface area contributed by atoms with Gasteiger partial charge in [0.15, 0.2) is 0 Å². The van der Waals surface area contributed by atoms with Crippen molar-refractivity contribution in [2.75, 3.05) is 24.1 Å². The van der Waals surface area contributed by atoms with Crippen molar-refractivity contribution in [3.8, 4) is 11.3 Å². The molecule has 1 aliphatic carbocycles. The van der Waals surface area contributed by atoms with E-state index in [-0.39, 0.29) is 17.7 Å². The number of nitrogens with one attached hydrogen (secondary N) is 1. The Labute approximate surface area is 227 Å². The first-order chi connectivity index (χ1) is 18.9. The Bertz CT molecular complexity index is 1570. The lowest BCUT2D eigenvalue weighted by atomic mass is 9.97. The molecule has 1 unspecified atom stereocenters. The summed E-state index contributed by atoms with van der Waals surface area (Å²) in [7, 11) is 0. The van der Waals surface area contributed by atoms with E-state index in [1.165, 1.54) is 18.4 Å². The number of fused-ring (bicyclic) bond motifs is 1. The van der Waals surface area contributed by atoms with Gasteiger partial charge in [0.1, 0.15) is 28.7 Å². The third-order valence-corrected chi connectivity index (χ3v) is 7.87. The Morgan fingerprint density at radius 3 is 2.69 bits per heavy atom. The maximum atomic E-state index is 13.1. The molecule has 1 saturated carbocycles. The molecule has 1 aliphatic heterocycles. The monoisotopic (exact) mass is 523 g/mol. The largest absolute Gasteiger partial charge is 0.382 e. The van der Waals surface area contributed by atoms with Crippen LogP contribution in [0.15, 0.2) is 48.9 Å². The normalized spacial score (nSPS) is 17.4. The van der Waals surface area contributed by atoms with Crippen molar-refractivity contribution < 1.29 is 9.59 Å². The number of amides is 2. The lowest BCUT2D eigenvalue weighted by Crippen LogP contribution is -2.39. The third kappa shape index (κ3) is 4.84. The number of nitrogens with two attached hydrogens (primary N) is 1. The van der Waals surface area contributed by atoms with Crippen LogP contribution in [-0.4, -0.2) is 49.2 Å². The number of aromatic nitrogens is 4. The van der Waals surface area contributed by atoms with Crippen molar-refractivity contribution in [3.63, 3.8) is 0 Å². The molecule has 2 amide bonds. The number of carbonyl (C=O) groups is 2. The number of rotatable bonds is 6. The van der Waals surface area contributed by atoms with Crippen molar-refractivity contribution in [1.82, 2.24) is 24.3 Å². The van der Waals surface area contributed by atoms with Gasteiger partial charge in [0.05, 0.1) is 0 Å². The summed E-state index contributed by atoms with van der Waals surface area (Å²) in [6, 6.07) is 9.68. The van der Waals surface area contributed by atoms with Crippen molar-refractivity contribution in [1.29, 1.82) is 0 Å². The highest BCUT2D eigenvalue weighted by Gasteiger charge is 2.29. The third-order valence-electron chi connectivity index (χ3n) is 7.87. The lowest BCUT2D eigenvalue weighted by molar-refractivity contribution is -0.132. The van der Waals surface area contributed by atoms with E-state index >= 15 is 0 Å². The lowest BCUT2D eigenvalue weighted by Gasteiger charge is -2.32. The first-order valence-corrected chi connectivity index (χ1v) is 13.7. The molecule has 0 radical (unpaired) electrons. The van der Waals surface area contributed by atoms with Gasteiger partial charge in [-0.3, -0.25) is 14.0 Å². The van der Waals surface area contributed by atoms with Crippen molar-refractivity contribution >= 4 is 29.0 Å². The minimum Gasteiger partial charge on any atom is -0.382 e. The molecule has 39 heavy (non-hydrogen) atoms. The quantitative estimate of drug-likeness (QED) is 0.370. The Morgan fingerprint density at radius 2 is 1.92 bits per heavy atom. The summed E-state index contributed by atoms with van der Waals surface area (Å²) in [5.41, 5.74) is 11.3. The van der Waals surface area contributed by atoms with Crippen LogP contribution in [0, 0.1) is 6.92 Å². The number of anilines is 2. The SMILES string of the molecule is CCC(=O)N1CCCC(c2nc(-c3ccc(C(=O)Nc4cc(C5CC5)ccn4)c(C)c3)c3c(N)nccn23)C1. The van der Waals surface area contributed by atoms with Gasteiger partial charge >= 0.3 is 0 Å². The van der Waals surface area contributed by atoms with E-state index in [4.69, 9.17) is 10.7 Å². The van der Waals surface area contributed by atoms with E-state index in [9.17, 15) is 9.59 Å². The molecule has 2 aliphatic rings. The number of nitrogen functional groups attached to an aromatic ring is 1. The minimum absolute atomic E-state index is 0.0994. The number of nitrogens with zero attached hydrogens (tertiary/aromatic N) is 5. The van der Waals surface area contributed by atoms with Crippen LogP contribution in [0.5, 0.6) is 0 Å². The van der Waals surface area contributed by atoms with Gasteiger partial charge < -0.3 is 16.0 Å². The number of piperidine rings is 1. The Morgan fingerprint density at radius 1 is 1.08 bits per heavy atom. The molecular formula is C30H33N7O2. The van der Waals surface area contributed by atoms with Crippen molar-refractivity contribution in [2.24, 2.45) is 0 Å². The molecule has 0 bridgehead atoms. The Hall–Kier alpha value is -4.27. The number of likely N-dealkylation sites (tertiary alicyclic amines) is 1. The predicted octanol–water partition coefficient (Wildman–Crippen LogP) is 4.93. The molecule has 1 atom stereocenters. The van der Waals surface area contributed by atoms with Crippen LogP contribution in [0.3, 0.4) is 0 Å². The van der Waals surface area contributed by atoms with Gasteiger partial charge in [-0.2, -0.15) is 0 Å². The Kier molecular flexibility index (Phi) is 6.50. The summed E-state index contributed by atoms with van der Waals surface area (Å²) >= 11 is 0. The smallest absolute Gasteiger partial charge is 0.257 e. The molecule has 3 aromatic heterocycles. The van der Waals surface area contributed by atoms with Gasteiger partial charge in [-0.05, 0) is 73.9 Å². The molecule has 3 N–H and O–H groups in total. The van der Waals surface area contributed by atoms with E-state index in [0.29, 0.717) is 36.1 Å². The number of hydrogen-bond acceptors (Lipinski definition) is 6. The molecule has 9 nitrogen and oxygen atoms in total. The highest BCUT2D eigenvalue weighted by atomic mass is 16.2. The van der Waals surface area contributed by atoms with Gasteiger partial charge in [-0.1, -0.05) is 13.0 Å². The molecule has 4 aromatic rings. The Balaban J connectivity index is 1.31. The number of benzene rings is 1. The molecule has 9 heteroatoms. The maximum absolute atomic E-state index is 13.1. The predicted molar refractivity (Wildman–Crippen MR) is 151 cm³/mol. The fraction of sp³-hybridized carbons (Fsp3) is 0.367. The molecule has 6 rings (SSSR count). The average molecular weight is 524 g/mol. The van der Waals surface area contributed by atoms with Gasteiger partial charge in [-0.25, -0.2) is 15.0 Å². The fourth-order valence-corrected chi connectivity index (χ4v) is 5.65. The number of aryl methyl sites for hydroxylation is 1. The zero-order valence-electron chi connectivity index (χ0n) is 22.4. The van der Waals surface area contributed by atoms with Gasteiger partial charge in [0.25, 0.3) is 5.91 Å². The zero-order valence-corrected chi connectivity index (χ0v) is 22.4. The van der Waals surface area contributed by atoms with Crippen molar-refractivity contribution in [3.05, 3.63) is 71.4 Å². The zero-order chi connectivity index (χ0) is 27.1. The maximum Gasteiger partial charge on any atom is 0.257 e. The minimum atomic E-state index is -0.195. The molecule has 1 aromatic carbocycles. The summed E-state index contributed by atoms with van der Waals surface area (Å²) in [4.78, 5) is 41.2. The van der Waals surface area contributed by atoms with Gasteiger partial charge in [0.2, 0.25) is 5.91 Å². The van der Waals surface area contributed by atoms with Crippen LogP contribution < -0.4 is 11.1 Å². The van der Waals surface area contributed by atoms with Crippen LogP contribution in [0.25, 0.3) is 16.8 Å². The van der Waals surface area contributed by atoms with Crippen LogP contribution in [0.2, 0.25) is 0 Å². The first kappa shape index (κ1) is 25.0. The van der Waals surface area contributed by atoms with E-state index in [1.54, 1.807) is 12.4 Å². The average Bonchev–Trinajstić information content (AvgIpc) is 3.73. The second kappa shape index (κ2) is 10.1. The summed E-state index contributed by atoms with van der Waals surface area (Å²) in [6.07, 6.45) is 10.1. The van der Waals surface area contributed by atoms with Crippen molar-refractivity contribution in [2.45, 2.75) is 57.8 Å². The van der Waals surface area contributed by atoms with E-state index in [2.05, 4.69) is 15.3 Å². The molecule has 0 spiro atoms. The highest BCUT2D eigenvalue weighted by Crippen LogP contribution is 2.40. The van der Waals surface area contributed by atoms with Crippen LogP contribution in [0.4, 0.5) is 11.6 Å². The molecule has 4 heterocycles. The topological polar surface area (TPSA) is 119 Å². The summed E-state index contributed by atoms with van der Waals surface area (Å²) in [6.45, 7) is 5.24. The molecule has 200 valence electrons. The summed E-state index contributed by atoms with van der Waals surface area (Å²) < 4.78 is 2.01. The van der Waals surface area contributed by atoms with Gasteiger partial charge in [0, 0.05) is 55.1 Å². The number of pyridine rings is 1.